The molecule has 3 nitrogen and oxygen atoms in total. The molecule has 0 heterocycles. The molecule has 2 rings (SSSR count). The molecule has 1 aliphatic rings. The fourth-order valence-electron chi connectivity index (χ4n) is 1.58. The SMILES string of the molecule is Nc1ccc([C@H]2C[C@@H]2C(=O)O)cc1. The lowest BCUT2D eigenvalue weighted by molar-refractivity contribution is -0.138. The van der Waals surface area contributed by atoms with Gasteiger partial charge in [-0.3, -0.25) is 4.79 Å². The average molecular weight is 177 g/mol. The number of hydrogen-bond donors (Lipinski definition) is 2. The first-order valence-corrected chi connectivity index (χ1v) is 4.26. The van der Waals surface area contributed by atoms with Crippen molar-refractivity contribution in [2.75, 3.05) is 5.73 Å². The minimum absolute atomic E-state index is 0.177. The third kappa shape index (κ3) is 1.49. The van der Waals surface area contributed by atoms with Crippen LogP contribution in [0.2, 0.25) is 0 Å². The van der Waals surface area contributed by atoms with Crippen LogP contribution in [0.5, 0.6) is 0 Å². The van der Waals surface area contributed by atoms with Crippen LogP contribution in [0.15, 0.2) is 24.3 Å². The minimum Gasteiger partial charge on any atom is -0.481 e. The Morgan fingerprint density at radius 2 is 2.00 bits per heavy atom. The molecule has 0 aromatic heterocycles. The lowest BCUT2D eigenvalue weighted by atomic mass is 10.1. The van der Waals surface area contributed by atoms with Gasteiger partial charge in [0, 0.05) is 5.69 Å². The summed E-state index contributed by atoms with van der Waals surface area (Å²) in [6.07, 6.45) is 0.763. The van der Waals surface area contributed by atoms with Crippen molar-refractivity contribution in [1.29, 1.82) is 0 Å². The van der Waals surface area contributed by atoms with E-state index in [1.807, 2.05) is 24.3 Å². The Balaban J connectivity index is 2.12. The van der Waals surface area contributed by atoms with Crippen LogP contribution in [0.4, 0.5) is 5.69 Å². The predicted molar refractivity (Wildman–Crippen MR) is 49.3 cm³/mol. The first kappa shape index (κ1) is 8.10. The van der Waals surface area contributed by atoms with E-state index in [1.54, 1.807) is 0 Å². The highest BCUT2D eigenvalue weighted by atomic mass is 16.4. The van der Waals surface area contributed by atoms with E-state index in [0.29, 0.717) is 0 Å². The maximum atomic E-state index is 10.6. The van der Waals surface area contributed by atoms with E-state index in [2.05, 4.69) is 0 Å². The molecule has 3 N–H and O–H groups in total. The smallest absolute Gasteiger partial charge is 0.307 e. The van der Waals surface area contributed by atoms with Crippen molar-refractivity contribution >= 4 is 11.7 Å². The second-order valence-corrected chi connectivity index (χ2v) is 3.45. The molecule has 0 amide bonds. The maximum absolute atomic E-state index is 10.6. The fraction of sp³-hybridized carbons (Fsp3) is 0.300. The highest BCUT2D eigenvalue weighted by molar-refractivity contribution is 5.75. The van der Waals surface area contributed by atoms with E-state index >= 15 is 0 Å². The zero-order chi connectivity index (χ0) is 9.42. The Morgan fingerprint density at radius 1 is 1.38 bits per heavy atom. The predicted octanol–water partition coefficient (Wildman–Crippen LogP) is 1.46. The number of aliphatic carboxylic acids is 1. The molecule has 0 saturated heterocycles. The topological polar surface area (TPSA) is 63.3 Å². The van der Waals surface area contributed by atoms with Gasteiger partial charge < -0.3 is 10.8 Å². The molecule has 1 saturated carbocycles. The molecular weight excluding hydrogens is 166 g/mol. The number of nitrogen functional groups attached to an aromatic ring is 1. The Morgan fingerprint density at radius 3 is 2.46 bits per heavy atom. The first-order chi connectivity index (χ1) is 6.18. The van der Waals surface area contributed by atoms with Gasteiger partial charge in [0.15, 0.2) is 0 Å². The minimum atomic E-state index is -0.693. The summed E-state index contributed by atoms with van der Waals surface area (Å²) in [7, 11) is 0. The van der Waals surface area contributed by atoms with Crippen molar-refractivity contribution in [1.82, 2.24) is 0 Å². The highest BCUT2D eigenvalue weighted by Crippen LogP contribution is 2.47. The van der Waals surface area contributed by atoms with E-state index in [1.165, 1.54) is 0 Å². The van der Waals surface area contributed by atoms with Crippen LogP contribution in [0.1, 0.15) is 17.9 Å². The molecule has 1 aromatic rings. The molecule has 1 aliphatic carbocycles. The number of carboxylic acids is 1. The second kappa shape index (κ2) is 2.76. The fourth-order valence-corrected chi connectivity index (χ4v) is 1.58. The summed E-state index contributed by atoms with van der Waals surface area (Å²) < 4.78 is 0. The summed E-state index contributed by atoms with van der Waals surface area (Å²) in [5.41, 5.74) is 7.33. The first-order valence-electron chi connectivity index (χ1n) is 4.26. The molecule has 2 atom stereocenters. The van der Waals surface area contributed by atoms with Gasteiger partial charge >= 0.3 is 5.97 Å². The van der Waals surface area contributed by atoms with E-state index in [4.69, 9.17) is 10.8 Å². The zero-order valence-corrected chi connectivity index (χ0v) is 7.10. The summed E-state index contributed by atoms with van der Waals surface area (Å²) in [4.78, 5) is 10.6. The molecular formula is C10H11NO2. The standard InChI is InChI=1S/C10H11NO2/c11-7-3-1-6(2-4-7)8-5-9(8)10(12)13/h1-4,8-9H,5,11H2,(H,12,13)/t8-,9+/m1/s1. The zero-order valence-electron chi connectivity index (χ0n) is 7.10. The Hall–Kier alpha value is -1.51. The molecule has 1 aromatic carbocycles. The van der Waals surface area contributed by atoms with Gasteiger partial charge in [-0.05, 0) is 30.0 Å². The molecule has 0 radical (unpaired) electrons. The van der Waals surface area contributed by atoms with Crippen molar-refractivity contribution in [3.05, 3.63) is 29.8 Å². The van der Waals surface area contributed by atoms with Gasteiger partial charge in [-0.2, -0.15) is 0 Å². The normalized spacial score (nSPS) is 25.5. The van der Waals surface area contributed by atoms with Crippen molar-refractivity contribution in [2.24, 2.45) is 5.92 Å². The molecule has 3 heteroatoms. The highest BCUT2D eigenvalue weighted by Gasteiger charge is 2.43. The maximum Gasteiger partial charge on any atom is 0.307 e. The Kier molecular flexibility index (Phi) is 1.72. The van der Waals surface area contributed by atoms with Crippen molar-refractivity contribution in [3.63, 3.8) is 0 Å². The number of rotatable bonds is 2. The third-order valence-electron chi connectivity index (χ3n) is 2.47. The van der Waals surface area contributed by atoms with Gasteiger partial charge in [-0.1, -0.05) is 12.1 Å². The third-order valence-corrected chi connectivity index (χ3v) is 2.47. The van der Waals surface area contributed by atoms with Crippen LogP contribution in [-0.2, 0) is 4.79 Å². The average Bonchev–Trinajstić information content (AvgIpc) is 2.85. The van der Waals surface area contributed by atoms with E-state index < -0.39 is 5.97 Å². The molecule has 68 valence electrons. The summed E-state index contributed by atoms with van der Waals surface area (Å²) in [6.45, 7) is 0. The van der Waals surface area contributed by atoms with Crippen molar-refractivity contribution < 1.29 is 9.90 Å². The summed E-state index contributed by atoms with van der Waals surface area (Å²) in [6, 6.07) is 7.44. The summed E-state index contributed by atoms with van der Waals surface area (Å²) in [5, 5.41) is 8.71. The van der Waals surface area contributed by atoms with Crippen LogP contribution in [0.3, 0.4) is 0 Å². The largest absolute Gasteiger partial charge is 0.481 e. The number of carboxylic acid groups (broad SMARTS) is 1. The lowest BCUT2D eigenvalue weighted by Gasteiger charge is -1.98. The van der Waals surface area contributed by atoms with Crippen molar-refractivity contribution in [3.8, 4) is 0 Å². The van der Waals surface area contributed by atoms with Gasteiger partial charge in [0.1, 0.15) is 0 Å². The van der Waals surface area contributed by atoms with Crippen LogP contribution in [0, 0.1) is 5.92 Å². The molecule has 0 spiro atoms. The number of nitrogens with two attached hydrogens (primary N) is 1. The number of carbonyl (C=O) groups is 1. The van der Waals surface area contributed by atoms with Gasteiger partial charge in [0.05, 0.1) is 5.92 Å². The molecule has 1 fully saturated rings. The van der Waals surface area contributed by atoms with E-state index in [0.717, 1.165) is 17.7 Å². The van der Waals surface area contributed by atoms with Crippen LogP contribution >= 0.6 is 0 Å². The molecule has 0 unspecified atom stereocenters. The molecule has 0 bridgehead atoms. The van der Waals surface area contributed by atoms with Crippen molar-refractivity contribution in [2.45, 2.75) is 12.3 Å². The summed E-state index contributed by atoms with van der Waals surface area (Å²) in [5.74, 6) is -0.663. The molecule has 13 heavy (non-hydrogen) atoms. The lowest BCUT2D eigenvalue weighted by Crippen LogP contribution is -1.98. The molecule has 0 aliphatic heterocycles. The van der Waals surface area contributed by atoms with Gasteiger partial charge in [0.2, 0.25) is 0 Å². The van der Waals surface area contributed by atoms with Crippen LogP contribution in [-0.4, -0.2) is 11.1 Å². The quantitative estimate of drug-likeness (QED) is 0.672. The summed E-state index contributed by atoms with van der Waals surface area (Å²) >= 11 is 0. The van der Waals surface area contributed by atoms with Crippen LogP contribution in [0.25, 0.3) is 0 Å². The van der Waals surface area contributed by atoms with E-state index in [9.17, 15) is 4.79 Å². The second-order valence-electron chi connectivity index (χ2n) is 3.45. The Bertz CT molecular complexity index is 331. The Labute approximate surface area is 76.2 Å². The van der Waals surface area contributed by atoms with E-state index in [-0.39, 0.29) is 11.8 Å². The van der Waals surface area contributed by atoms with Gasteiger partial charge in [-0.25, -0.2) is 0 Å². The number of anilines is 1. The number of hydrogen-bond acceptors (Lipinski definition) is 2. The monoisotopic (exact) mass is 177 g/mol. The number of benzene rings is 1. The van der Waals surface area contributed by atoms with Crippen LogP contribution < -0.4 is 5.73 Å². The van der Waals surface area contributed by atoms with Gasteiger partial charge in [0.25, 0.3) is 0 Å². The van der Waals surface area contributed by atoms with Gasteiger partial charge in [-0.15, -0.1) is 0 Å².